The monoisotopic (exact) mass is 438 g/mol. The average molecular weight is 438 g/mol. The van der Waals surface area contributed by atoms with Crippen molar-refractivity contribution in [3.05, 3.63) is 125 Å². The van der Waals surface area contributed by atoms with Gasteiger partial charge in [0.05, 0.1) is 16.8 Å². The summed E-state index contributed by atoms with van der Waals surface area (Å²) < 4.78 is 16.7. The lowest BCUT2D eigenvalue weighted by Gasteiger charge is -2.13. The van der Waals surface area contributed by atoms with Crippen molar-refractivity contribution in [3.63, 3.8) is 0 Å². The summed E-state index contributed by atoms with van der Waals surface area (Å²) in [6, 6.07) is 24.4. The molecule has 5 rings (SSSR count). The molecule has 33 heavy (non-hydrogen) atoms. The minimum Gasteiger partial charge on any atom is -0.348 e. The molecule has 2 aliphatic rings. The van der Waals surface area contributed by atoms with Crippen molar-refractivity contribution in [2.24, 2.45) is 0 Å². The van der Waals surface area contributed by atoms with Gasteiger partial charge in [-0.25, -0.2) is 4.39 Å². The van der Waals surface area contributed by atoms with Gasteiger partial charge in [0.2, 0.25) is 0 Å². The first-order valence-corrected chi connectivity index (χ1v) is 10.4. The molecule has 0 saturated heterocycles. The lowest BCUT2D eigenvalue weighted by atomic mass is 10.1. The third-order valence-corrected chi connectivity index (χ3v) is 5.26. The van der Waals surface area contributed by atoms with Crippen molar-refractivity contribution in [1.82, 2.24) is 14.3 Å². The number of nitrogens with one attached hydrogen (secondary N) is 1. The van der Waals surface area contributed by atoms with Crippen molar-refractivity contribution in [1.29, 1.82) is 0 Å². The van der Waals surface area contributed by atoms with Gasteiger partial charge in [0.25, 0.3) is 11.5 Å². The third-order valence-electron chi connectivity index (χ3n) is 5.26. The molecule has 0 spiro atoms. The first-order valence-electron chi connectivity index (χ1n) is 10.4. The lowest BCUT2D eigenvalue weighted by molar-refractivity contribution is 0.102. The van der Waals surface area contributed by atoms with Crippen LogP contribution in [0.15, 0.2) is 102 Å². The Kier molecular flexibility index (Phi) is 5.28. The number of aromatic nitrogens is 3. The number of anilines is 1. The zero-order valence-electron chi connectivity index (χ0n) is 17.5. The van der Waals surface area contributed by atoms with Crippen molar-refractivity contribution >= 4 is 11.6 Å². The molecule has 0 atom stereocenters. The average Bonchev–Trinajstić information content (AvgIpc) is 3.16. The largest absolute Gasteiger partial charge is 0.348 e. The standard InChI is InChI=1S/C26H19FN4O2/c27-19-10-7-11-20(14-19)28-25(32)22-16-30(15-18-8-3-1-4-9-18)17-23-24(22)29-31(26(23)33)21-12-5-2-6-13-21/h1-14,16-17H,15H2,(H,28,32). The number of hydrogen-bond acceptors (Lipinski definition) is 3. The highest BCUT2D eigenvalue weighted by Gasteiger charge is 2.24. The molecule has 1 amide bonds. The molecule has 6 nitrogen and oxygen atoms in total. The van der Waals surface area contributed by atoms with Gasteiger partial charge < -0.3 is 9.88 Å². The van der Waals surface area contributed by atoms with Crippen LogP contribution in [0.3, 0.4) is 0 Å². The van der Waals surface area contributed by atoms with E-state index < -0.39 is 11.7 Å². The van der Waals surface area contributed by atoms with E-state index in [2.05, 4.69) is 10.4 Å². The Morgan fingerprint density at radius 3 is 2.36 bits per heavy atom. The Labute approximate surface area is 188 Å². The summed E-state index contributed by atoms with van der Waals surface area (Å²) in [7, 11) is 0. The molecular weight excluding hydrogens is 419 g/mol. The fraction of sp³-hybridized carbons (Fsp3) is 0.0385. The van der Waals surface area contributed by atoms with Gasteiger partial charge in [-0.15, -0.1) is 0 Å². The maximum absolute atomic E-state index is 13.6. The number of para-hydroxylation sites is 1. The molecule has 2 heterocycles. The maximum atomic E-state index is 13.6. The number of fused-ring (bicyclic) bond motifs is 1. The van der Waals surface area contributed by atoms with E-state index in [0.29, 0.717) is 23.5 Å². The van der Waals surface area contributed by atoms with Crippen molar-refractivity contribution in [2.45, 2.75) is 6.54 Å². The number of rotatable bonds is 5. The minimum atomic E-state index is -0.481. The van der Waals surface area contributed by atoms with Crippen LogP contribution < -0.4 is 10.9 Å². The predicted molar refractivity (Wildman–Crippen MR) is 124 cm³/mol. The van der Waals surface area contributed by atoms with Crippen molar-refractivity contribution in [3.8, 4) is 16.9 Å². The molecule has 3 aromatic rings. The summed E-state index contributed by atoms with van der Waals surface area (Å²) in [5, 5.41) is 7.17. The second kappa shape index (κ2) is 8.55. The van der Waals surface area contributed by atoms with Crippen LogP contribution >= 0.6 is 0 Å². The summed E-state index contributed by atoms with van der Waals surface area (Å²) in [5.74, 6) is -0.939. The summed E-state index contributed by atoms with van der Waals surface area (Å²) in [5.41, 5.74) is 2.43. The SMILES string of the molecule is O=C(Nc1cccc(F)c1)c1cn(Cc2ccccc2)cc2c(=O)n(-c3ccccc3)nc1-2. The fourth-order valence-corrected chi connectivity index (χ4v) is 3.72. The molecule has 0 unspecified atom stereocenters. The second-order valence-electron chi connectivity index (χ2n) is 7.61. The minimum absolute atomic E-state index is 0.222. The molecule has 0 bridgehead atoms. The Morgan fingerprint density at radius 1 is 0.909 bits per heavy atom. The number of amides is 1. The van der Waals surface area contributed by atoms with E-state index in [4.69, 9.17) is 0 Å². The molecule has 0 fully saturated rings. The Morgan fingerprint density at radius 2 is 1.64 bits per heavy atom. The molecule has 2 aliphatic heterocycles. The van der Waals surface area contributed by atoms with Gasteiger partial charge in [0, 0.05) is 24.6 Å². The predicted octanol–water partition coefficient (Wildman–Crippen LogP) is 4.58. The quantitative estimate of drug-likeness (QED) is 0.437. The van der Waals surface area contributed by atoms with E-state index in [0.717, 1.165) is 5.56 Å². The molecular formula is C26H19FN4O2. The van der Waals surface area contributed by atoms with E-state index in [9.17, 15) is 14.0 Å². The van der Waals surface area contributed by atoms with Gasteiger partial charge in [-0.05, 0) is 35.9 Å². The zero-order valence-corrected chi connectivity index (χ0v) is 17.5. The first kappa shape index (κ1) is 20.4. The molecule has 0 aromatic heterocycles. The maximum Gasteiger partial charge on any atom is 0.282 e. The van der Waals surface area contributed by atoms with Gasteiger partial charge >= 0.3 is 0 Å². The zero-order chi connectivity index (χ0) is 22.8. The van der Waals surface area contributed by atoms with E-state index in [-0.39, 0.29) is 16.8 Å². The fourth-order valence-electron chi connectivity index (χ4n) is 3.72. The molecule has 162 valence electrons. The van der Waals surface area contributed by atoms with Crippen LogP contribution in [-0.4, -0.2) is 20.3 Å². The van der Waals surface area contributed by atoms with Crippen LogP contribution in [0.2, 0.25) is 0 Å². The number of carbonyl (C=O) groups excluding carboxylic acids is 1. The van der Waals surface area contributed by atoms with Crippen LogP contribution in [-0.2, 0) is 6.54 Å². The van der Waals surface area contributed by atoms with E-state index in [1.54, 1.807) is 35.2 Å². The van der Waals surface area contributed by atoms with Gasteiger partial charge in [-0.3, -0.25) is 9.59 Å². The Hall–Kier alpha value is -4.52. The number of pyridine rings is 1. The highest BCUT2D eigenvalue weighted by molar-refractivity contribution is 6.08. The van der Waals surface area contributed by atoms with Crippen LogP contribution in [0.25, 0.3) is 16.9 Å². The van der Waals surface area contributed by atoms with Crippen LogP contribution in [0.1, 0.15) is 15.9 Å². The number of hydrogen-bond donors (Lipinski definition) is 1. The molecule has 0 radical (unpaired) electrons. The smallest absolute Gasteiger partial charge is 0.282 e. The summed E-state index contributed by atoms with van der Waals surface area (Å²) in [6.45, 7) is 0.465. The number of halogens is 1. The van der Waals surface area contributed by atoms with E-state index in [1.165, 1.54) is 22.9 Å². The van der Waals surface area contributed by atoms with E-state index in [1.807, 2.05) is 48.5 Å². The summed E-state index contributed by atoms with van der Waals surface area (Å²) in [6.07, 6.45) is 3.36. The molecule has 7 heteroatoms. The number of carbonyl (C=O) groups is 1. The van der Waals surface area contributed by atoms with E-state index >= 15 is 0 Å². The normalized spacial score (nSPS) is 10.9. The van der Waals surface area contributed by atoms with Crippen LogP contribution in [0.4, 0.5) is 10.1 Å². The number of nitrogens with zero attached hydrogens (tertiary/aromatic N) is 3. The molecule has 1 N–H and O–H groups in total. The van der Waals surface area contributed by atoms with Gasteiger partial charge in [0.1, 0.15) is 11.5 Å². The van der Waals surface area contributed by atoms with Crippen LogP contribution in [0, 0.1) is 5.82 Å². The summed E-state index contributed by atoms with van der Waals surface area (Å²) >= 11 is 0. The van der Waals surface area contributed by atoms with Crippen LogP contribution in [0.5, 0.6) is 0 Å². The van der Waals surface area contributed by atoms with Gasteiger partial charge in [-0.2, -0.15) is 9.78 Å². The summed E-state index contributed by atoms with van der Waals surface area (Å²) in [4.78, 5) is 26.4. The van der Waals surface area contributed by atoms with Crippen molar-refractivity contribution in [2.75, 3.05) is 5.32 Å². The van der Waals surface area contributed by atoms with Crippen molar-refractivity contribution < 1.29 is 9.18 Å². The number of benzene rings is 3. The highest BCUT2D eigenvalue weighted by Crippen LogP contribution is 2.24. The second-order valence-corrected chi connectivity index (χ2v) is 7.61. The highest BCUT2D eigenvalue weighted by atomic mass is 19.1. The molecule has 0 aliphatic carbocycles. The topological polar surface area (TPSA) is 68.9 Å². The van der Waals surface area contributed by atoms with Gasteiger partial charge in [-0.1, -0.05) is 54.6 Å². The first-order chi connectivity index (χ1) is 16.1. The van der Waals surface area contributed by atoms with Gasteiger partial charge in [0.15, 0.2) is 0 Å². The molecule has 0 saturated carbocycles. The Bertz CT molecular complexity index is 1460. The molecule has 3 aromatic carbocycles. The third kappa shape index (κ3) is 4.16. The Balaban J connectivity index is 1.63. The lowest BCUT2D eigenvalue weighted by Crippen LogP contribution is -2.18.